The first-order valence-corrected chi connectivity index (χ1v) is 12.2. The minimum atomic E-state index is -0.218. The average Bonchev–Trinajstić information content (AvgIpc) is 2.86. The third-order valence-electron chi connectivity index (χ3n) is 5.09. The van der Waals surface area contributed by atoms with E-state index in [0.29, 0.717) is 28.4 Å². The molecule has 0 saturated carbocycles. The Labute approximate surface area is 214 Å². The standard InChI is InChI=1S/C26H19BrN6OS/c27-17-3-1-4-19(14-17)32-26(34)16-6-11-23(35-20-9-7-18(28)8-10-20)22(13-16)33-25-21-5-2-12-29-24(21)30-15-31-25/h1-15H,28H2,(H,32,34)(H,29,30,31,33). The molecule has 0 aliphatic heterocycles. The molecular weight excluding hydrogens is 524 g/mol. The Balaban J connectivity index is 1.51. The van der Waals surface area contributed by atoms with Gasteiger partial charge in [0.25, 0.3) is 5.91 Å². The second-order valence-corrected chi connectivity index (χ2v) is 9.60. The van der Waals surface area contributed by atoms with Crippen LogP contribution in [-0.2, 0) is 0 Å². The van der Waals surface area contributed by atoms with Gasteiger partial charge in [0.15, 0.2) is 5.65 Å². The maximum atomic E-state index is 13.0. The maximum Gasteiger partial charge on any atom is 0.255 e. The van der Waals surface area contributed by atoms with E-state index in [0.717, 1.165) is 25.3 Å². The summed E-state index contributed by atoms with van der Waals surface area (Å²) in [5.74, 6) is 0.385. The Hall–Kier alpha value is -3.95. The van der Waals surface area contributed by atoms with Gasteiger partial charge < -0.3 is 16.4 Å². The van der Waals surface area contributed by atoms with Crippen LogP contribution in [0.5, 0.6) is 0 Å². The van der Waals surface area contributed by atoms with Crippen LogP contribution < -0.4 is 16.4 Å². The monoisotopic (exact) mass is 542 g/mol. The van der Waals surface area contributed by atoms with Crippen LogP contribution in [0, 0.1) is 0 Å². The maximum absolute atomic E-state index is 13.0. The fourth-order valence-corrected chi connectivity index (χ4v) is 4.69. The first-order chi connectivity index (χ1) is 17.0. The summed E-state index contributed by atoms with van der Waals surface area (Å²) in [6, 6.07) is 24.4. The molecule has 2 heterocycles. The largest absolute Gasteiger partial charge is 0.399 e. The van der Waals surface area contributed by atoms with Gasteiger partial charge in [-0.05, 0) is 72.8 Å². The van der Waals surface area contributed by atoms with Crippen LogP contribution >= 0.6 is 27.7 Å². The van der Waals surface area contributed by atoms with Gasteiger partial charge in [-0.1, -0.05) is 33.8 Å². The molecule has 0 unspecified atom stereocenters. The molecule has 0 radical (unpaired) electrons. The highest BCUT2D eigenvalue weighted by molar-refractivity contribution is 9.10. The number of anilines is 4. The van der Waals surface area contributed by atoms with E-state index in [-0.39, 0.29) is 5.91 Å². The van der Waals surface area contributed by atoms with Crippen molar-refractivity contribution in [2.24, 2.45) is 0 Å². The van der Waals surface area contributed by atoms with Gasteiger partial charge in [-0.25, -0.2) is 15.0 Å². The van der Waals surface area contributed by atoms with E-state index in [4.69, 9.17) is 5.73 Å². The molecule has 5 aromatic rings. The predicted molar refractivity (Wildman–Crippen MR) is 144 cm³/mol. The summed E-state index contributed by atoms with van der Waals surface area (Å²) in [5, 5.41) is 7.11. The second-order valence-electron chi connectivity index (χ2n) is 7.57. The molecule has 35 heavy (non-hydrogen) atoms. The van der Waals surface area contributed by atoms with Crippen LogP contribution in [-0.4, -0.2) is 20.9 Å². The smallest absolute Gasteiger partial charge is 0.255 e. The molecule has 2 aromatic heterocycles. The molecule has 172 valence electrons. The number of pyridine rings is 1. The highest BCUT2D eigenvalue weighted by atomic mass is 79.9. The number of benzene rings is 3. The SMILES string of the molecule is Nc1ccc(Sc2ccc(C(=O)Nc3cccc(Br)c3)cc2Nc2ncnc3ncccc23)cc1. The zero-order chi connectivity index (χ0) is 24.2. The number of fused-ring (bicyclic) bond motifs is 1. The summed E-state index contributed by atoms with van der Waals surface area (Å²) < 4.78 is 0.886. The minimum absolute atomic E-state index is 0.218. The zero-order valence-corrected chi connectivity index (χ0v) is 20.7. The molecule has 5 rings (SSSR count). The molecule has 3 aromatic carbocycles. The lowest BCUT2D eigenvalue weighted by Crippen LogP contribution is -2.12. The summed E-state index contributed by atoms with van der Waals surface area (Å²) in [6.07, 6.45) is 3.16. The normalized spacial score (nSPS) is 10.8. The Morgan fingerprint density at radius 1 is 0.914 bits per heavy atom. The van der Waals surface area contributed by atoms with Crippen LogP contribution in [0.1, 0.15) is 10.4 Å². The summed E-state index contributed by atoms with van der Waals surface area (Å²) in [7, 11) is 0. The van der Waals surface area contributed by atoms with Crippen molar-refractivity contribution >= 4 is 67.5 Å². The number of nitrogens with one attached hydrogen (secondary N) is 2. The average molecular weight is 543 g/mol. The van der Waals surface area contributed by atoms with Gasteiger partial charge in [-0.15, -0.1) is 0 Å². The van der Waals surface area contributed by atoms with Crippen molar-refractivity contribution in [2.75, 3.05) is 16.4 Å². The molecule has 0 saturated heterocycles. The van der Waals surface area contributed by atoms with Crippen LogP contribution in [0.3, 0.4) is 0 Å². The molecule has 0 bridgehead atoms. The molecule has 7 nitrogen and oxygen atoms in total. The topological polar surface area (TPSA) is 106 Å². The van der Waals surface area contributed by atoms with Crippen LogP contribution in [0.2, 0.25) is 0 Å². The van der Waals surface area contributed by atoms with E-state index in [1.165, 1.54) is 6.33 Å². The number of rotatable bonds is 6. The number of amides is 1. The van der Waals surface area contributed by atoms with E-state index >= 15 is 0 Å². The predicted octanol–water partition coefficient (Wildman–Crippen LogP) is 6.52. The number of hydrogen-bond donors (Lipinski definition) is 3. The van der Waals surface area contributed by atoms with Gasteiger partial charge in [0.2, 0.25) is 0 Å². The number of carbonyl (C=O) groups is 1. The fourth-order valence-electron chi connectivity index (χ4n) is 3.41. The van der Waals surface area contributed by atoms with Crippen molar-refractivity contribution in [3.8, 4) is 0 Å². The molecular formula is C26H19BrN6OS. The number of hydrogen-bond acceptors (Lipinski definition) is 7. The quantitative estimate of drug-likeness (QED) is 0.210. The van der Waals surface area contributed by atoms with E-state index in [9.17, 15) is 4.79 Å². The molecule has 0 fully saturated rings. The molecule has 0 aliphatic rings. The van der Waals surface area contributed by atoms with Gasteiger partial charge in [-0.2, -0.15) is 0 Å². The van der Waals surface area contributed by atoms with Gasteiger partial charge in [0.1, 0.15) is 12.1 Å². The third-order valence-corrected chi connectivity index (χ3v) is 6.67. The Morgan fingerprint density at radius 3 is 2.60 bits per heavy atom. The highest BCUT2D eigenvalue weighted by Gasteiger charge is 2.14. The number of aromatic nitrogens is 3. The Morgan fingerprint density at radius 2 is 1.77 bits per heavy atom. The number of nitrogen functional groups attached to an aromatic ring is 1. The van der Waals surface area contributed by atoms with Gasteiger partial charge >= 0.3 is 0 Å². The third kappa shape index (κ3) is 5.42. The Bertz CT molecular complexity index is 1520. The minimum Gasteiger partial charge on any atom is -0.399 e. The Kier molecular flexibility index (Phi) is 6.60. The second kappa shape index (κ2) is 10.1. The molecule has 9 heteroatoms. The van der Waals surface area contributed by atoms with Crippen LogP contribution in [0.25, 0.3) is 11.0 Å². The van der Waals surface area contributed by atoms with E-state index in [1.54, 1.807) is 24.0 Å². The highest BCUT2D eigenvalue weighted by Crippen LogP contribution is 2.36. The molecule has 0 aliphatic carbocycles. The number of nitrogens with zero attached hydrogens (tertiary/aromatic N) is 3. The zero-order valence-electron chi connectivity index (χ0n) is 18.3. The van der Waals surface area contributed by atoms with Gasteiger partial charge in [0.05, 0.1) is 11.1 Å². The first-order valence-electron chi connectivity index (χ1n) is 10.6. The lowest BCUT2D eigenvalue weighted by Gasteiger charge is -2.14. The van der Waals surface area contributed by atoms with Crippen LogP contribution in [0.4, 0.5) is 22.9 Å². The van der Waals surface area contributed by atoms with E-state index in [2.05, 4.69) is 41.5 Å². The summed E-state index contributed by atoms with van der Waals surface area (Å²) in [6.45, 7) is 0. The van der Waals surface area contributed by atoms with Crippen molar-refractivity contribution in [3.63, 3.8) is 0 Å². The summed E-state index contributed by atoms with van der Waals surface area (Å²) in [4.78, 5) is 27.9. The number of carbonyl (C=O) groups excluding carboxylic acids is 1. The number of halogens is 1. The van der Waals surface area contributed by atoms with Crippen molar-refractivity contribution in [1.82, 2.24) is 15.0 Å². The van der Waals surface area contributed by atoms with Gasteiger partial charge in [0, 0.05) is 37.4 Å². The molecule has 1 amide bonds. The lowest BCUT2D eigenvalue weighted by molar-refractivity contribution is 0.102. The number of nitrogens with two attached hydrogens (primary N) is 1. The van der Waals surface area contributed by atoms with Crippen molar-refractivity contribution < 1.29 is 4.79 Å². The van der Waals surface area contributed by atoms with Crippen LogP contribution in [0.15, 0.2) is 106 Å². The first kappa shape index (κ1) is 22.8. The molecule has 0 spiro atoms. The van der Waals surface area contributed by atoms with Crippen molar-refractivity contribution in [2.45, 2.75) is 9.79 Å². The van der Waals surface area contributed by atoms with E-state index < -0.39 is 0 Å². The van der Waals surface area contributed by atoms with Gasteiger partial charge in [-0.3, -0.25) is 4.79 Å². The van der Waals surface area contributed by atoms with Crippen molar-refractivity contribution in [3.05, 3.63) is 101 Å². The fraction of sp³-hybridized carbons (Fsp3) is 0. The summed E-state index contributed by atoms with van der Waals surface area (Å²) in [5.41, 5.74) is 9.07. The summed E-state index contributed by atoms with van der Waals surface area (Å²) >= 11 is 4.99. The molecule has 4 N–H and O–H groups in total. The lowest BCUT2D eigenvalue weighted by atomic mass is 10.1. The van der Waals surface area contributed by atoms with Crippen molar-refractivity contribution in [1.29, 1.82) is 0 Å². The molecule has 0 atom stereocenters. The van der Waals surface area contributed by atoms with E-state index in [1.807, 2.05) is 72.8 Å².